The van der Waals surface area contributed by atoms with Gasteiger partial charge in [0.1, 0.15) is 0 Å². The van der Waals surface area contributed by atoms with E-state index in [0.29, 0.717) is 38.9 Å². The molecule has 0 bridgehead atoms. The lowest BCUT2D eigenvalue weighted by atomic mass is 10.1. The molecule has 0 spiro atoms. The fourth-order valence-electron chi connectivity index (χ4n) is 3.90. The highest BCUT2D eigenvalue weighted by Gasteiger charge is 2.28. The lowest BCUT2D eigenvalue weighted by Gasteiger charge is -2.28. The minimum atomic E-state index is 0.0329. The molecule has 0 aliphatic carbocycles. The van der Waals surface area contributed by atoms with Crippen LogP contribution in [0.3, 0.4) is 0 Å². The van der Waals surface area contributed by atoms with Crippen molar-refractivity contribution in [2.24, 2.45) is 0 Å². The van der Waals surface area contributed by atoms with E-state index in [1.54, 1.807) is 17.1 Å². The maximum Gasteiger partial charge on any atom is 0.274 e. The van der Waals surface area contributed by atoms with Crippen LogP contribution >= 0.6 is 0 Å². The van der Waals surface area contributed by atoms with Gasteiger partial charge in [-0.1, -0.05) is 24.3 Å². The van der Waals surface area contributed by atoms with Crippen LogP contribution in [0, 0.1) is 0 Å². The van der Waals surface area contributed by atoms with Crippen LogP contribution in [-0.2, 0) is 30.7 Å². The van der Waals surface area contributed by atoms with Crippen molar-refractivity contribution in [2.45, 2.75) is 39.3 Å². The molecule has 1 amide bonds. The smallest absolute Gasteiger partial charge is 0.274 e. The first-order valence-electron chi connectivity index (χ1n) is 9.74. The Morgan fingerprint density at radius 2 is 1.96 bits per heavy atom. The van der Waals surface area contributed by atoms with Crippen LogP contribution in [0.2, 0.25) is 0 Å². The lowest BCUT2D eigenvalue weighted by Crippen LogP contribution is -2.37. The molecule has 0 saturated carbocycles. The van der Waals surface area contributed by atoms with Crippen LogP contribution in [0.4, 0.5) is 0 Å². The first-order valence-corrected chi connectivity index (χ1v) is 9.74. The van der Waals surface area contributed by atoms with Crippen LogP contribution in [0.15, 0.2) is 59.7 Å². The summed E-state index contributed by atoms with van der Waals surface area (Å²) in [5.41, 5.74) is 3.75. The van der Waals surface area contributed by atoms with Crippen LogP contribution in [-0.4, -0.2) is 31.7 Å². The minimum Gasteiger partial charge on any atom is -0.336 e. The number of benzene rings is 1. The fraction of sp³-hybridized carbons (Fsp3) is 0.318. The van der Waals surface area contributed by atoms with Gasteiger partial charge in [0.25, 0.3) is 5.56 Å². The molecule has 28 heavy (non-hydrogen) atoms. The number of fused-ring (bicyclic) bond motifs is 1. The van der Waals surface area contributed by atoms with Crippen molar-refractivity contribution in [1.29, 1.82) is 0 Å². The van der Waals surface area contributed by atoms with Gasteiger partial charge in [-0.2, -0.15) is 0 Å². The highest BCUT2D eigenvalue weighted by Crippen LogP contribution is 2.20. The summed E-state index contributed by atoms with van der Waals surface area (Å²) in [5.74, 6) is 0.122. The van der Waals surface area contributed by atoms with Crippen molar-refractivity contribution in [3.05, 3.63) is 82.0 Å². The highest BCUT2D eigenvalue weighted by molar-refractivity contribution is 5.76. The maximum atomic E-state index is 13.0. The second kappa shape index (κ2) is 7.84. The molecular weight excluding hydrogens is 352 g/mol. The number of carbonyl (C=O) groups is 1. The Bertz CT molecular complexity index is 1020. The van der Waals surface area contributed by atoms with Crippen LogP contribution in [0.25, 0.3) is 5.69 Å². The Hall–Kier alpha value is -3.15. The number of carbonyl (C=O) groups excluding carboxylic acids is 1. The van der Waals surface area contributed by atoms with Crippen LogP contribution in [0.1, 0.15) is 30.2 Å². The average molecular weight is 376 g/mol. The Morgan fingerprint density at radius 3 is 2.68 bits per heavy atom. The van der Waals surface area contributed by atoms with Gasteiger partial charge in [0.2, 0.25) is 5.91 Å². The molecule has 0 unspecified atom stereocenters. The molecule has 3 aromatic rings. The molecule has 0 radical (unpaired) electrons. The number of aromatic nitrogens is 3. The van der Waals surface area contributed by atoms with Crippen LogP contribution in [0.5, 0.6) is 0 Å². The molecule has 2 aromatic heterocycles. The summed E-state index contributed by atoms with van der Waals surface area (Å²) < 4.78 is 3.75. The van der Waals surface area contributed by atoms with Crippen molar-refractivity contribution >= 4 is 5.91 Å². The van der Waals surface area contributed by atoms with Crippen LogP contribution < -0.4 is 5.56 Å². The van der Waals surface area contributed by atoms with Crippen molar-refractivity contribution in [3.63, 3.8) is 0 Å². The number of amides is 1. The average Bonchev–Trinajstić information content (AvgIpc) is 3.04. The Labute approximate surface area is 164 Å². The number of pyridine rings is 1. The Kier molecular flexibility index (Phi) is 5.10. The minimum absolute atomic E-state index is 0.0329. The normalized spacial score (nSPS) is 13.4. The molecular formula is C22H24N4O2. The van der Waals surface area contributed by atoms with Gasteiger partial charge in [0.05, 0.1) is 17.9 Å². The quantitative estimate of drug-likeness (QED) is 0.688. The second-order valence-corrected chi connectivity index (χ2v) is 7.02. The summed E-state index contributed by atoms with van der Waals surface area (Å²) >= 11 is 0. The van der Waals surface area contributed by atoms with Gasteiger partial charge >= 0.3 is 0 Å². The lowest BCUT2D eigenvalue weighted by molar-refractivity contribution is -0.132. The zero-order chi connectivity index (χ0) is 19.5. The summed E-state index contributed by atoms with van der Waals surface area (Å²) in [7, 11) is 0. The molecule has 144 valence electrons. The molecule has 1 aliphatic rings. The largest absolute Gasteiger partial charge is 0.336 e. The maximum absolute atomic E-state index is 13.0. The predicted octanol–water partition coefficient (Wildman–Crippen LogP) is 2.57. The van der Waals surface area contributed by atoms with E-state index in [2.05, 4.69) is 4.98 Å². The SMILES string of the molecule is CCn1c2c(c(=O)n1-c1ccccc1)CCN(C(=O)CCc1cccnc1)C2. The molecule has 1 aromatic carbocycles. The highest BCUT2D eigenvalue weighted by atomic mass is 16.2. The number of nitrogens with zero attached hydrogens (tertiary/aromatic N) is 4. The van der Waals surface area contributed by atoms with E-state index >= 15 is 0 Å². The van der Waals surface area contributed by atoms with E-state index in [1.165, 1.54) is 0 Å². The van der Waals surface area contributed by atoms with Crippen molar-refractivity contribution in [3.8, 4) is 5.69 Å². The summed E-state index contributed by atoms with van der Waals surface area (Å²) in [4.78, 5) is 31.7. The van der Waals surface area contributed by atoms with E-state index in [0.717, 1.165) is 22.5 Å². The van der Waals surface area contributed by atoms with Crippen molar-refractivity contribution in [2.75, 3.05) is 6.54 Å². The van der Waals surface area contributed by atoms with Gasteiger partial charge in [-0.25, -0.2) is 4.68 Å². The van der Waals surface area contributed by atoms with Crippen molar-refractivity contribution in [1.82, 2.24) is 19.2 Å². The zero-order valence-corrected chi connectivity index (χ0v) is 16.0. The fourth-order valence-corrected chi connectivity index (χ4v) is 3.90. The molecule has 0 fully saturated rings. The Morgan fingerprint density at radius 1 is 1.14 bits per heavy atom. The number of rotatable bonds is 5. The van der Waals surface area contributed by atoms with Gasteiger partial charge in [-0.3, -0.25) is 19.3 Å². The summed E-state index contributed by atoms with van der Waals surface area (Å²) in [6, 6.07) is 13.6. The molecule has 4 rings (SSSR count). The zero-order valence-electron chi connectivity index (χ0n) is 16.0. The molecule has 3 heterocycles. The summed E-state index contributed by atoms with van der Waals surface area (Å²) in [5, 5.41) is 0. The molecule has 6 nitrogen and oxygen atoms in total. The van der Waals surface area contributed by atoms with Crippen molar-refractivity contribution < 1.29 is 4.79 Å². The number of para-hydroxylation sites is 1. The summed E-state index contributed by atoms with van der Waals surface area (Å²) in [6.07, 6.45) is 5.28. The van der Waals surface area contributed by atoms with Gasteiger partial charge in [-0.15, -0.1) is 0 Å². The Balaban J connectivity index is 1.57. The van der Waals surface area contributed by atoms with E-state index in [1.807, 2.05) is 59.0 Å². The molecule has 0 atom stereocenters. The second-order valence-electron chi connectivity index (χ2n) is 7.02. The molecule has 6 heteroatoms. The number of aryl methyl sites for hydroxylation is 1. The third-order valence-electron chi connectivity index (χ3n) is 5.33. The van der Waals surface area contributed by atoms with Gasteiger partial charge < -0.3 is 4.90 Å². The number of hydrogen-bond acceptors (Lipinski definition) is 3. The van der Waals surface area contributed by atoms with E-state index < -0.39 is 0 Å². The monoisotopic (exact) mass is 376 g/mol. The predicted molar refractivity (Wildman–Crippen MR) is 107 cm³/mol. The first-order chi connectivity index (χ1) is 13.7. The molecule has 0 N–H and O–H groups in total. The number of hydrogen-bond donors (Lipinski definition) is 0. The first kappa shape index (κ1) is 18.2. The standard InChI is InChI=1S/C22H24N4O2/c1-2-25-20-16-24(21(27)11-10-17-7-6-13-23-15-17)14-12-19(20)22(28)26(25)18-8-4-3-5-9-18/h3-9,13,15H,2,10-12,14,16H2,1H3. The van der Waals surface area contributed by atoms with Gasteiger partial charge in [-0.05, 0) is 43.5 Å². The third-order valence-corrected chi connectivity index (χ3v) is 5.33. The van der Waals surface area contributed by atoms with E-state index in [4.69, 9.17) is 0 Å². The van der Waals surface area contributed by atoms with E-state index in [-0.39, 0.29) is 11.5 Å². The summed E-state index contributed by atoms with van der Waals surface area (Å²) in [6.45, 7) is 3.79. The van der Waals surface area contributed by atoms with E-state index in [9.17, 15) is 9.59 Å². The van der Waals surface area contributed by atoms with Gasteiger partial charge in [0.15, 0.2) is 0 Å². The molecule has 1 aliphatic heterocycles. The topological polar surface area (TPSA) is 60.1 Å². The van der Waals surface area contributed by atoms with Gasteiger partial charge in [0, 0.05) is 37.5 Å². The third kappa shape index (κ3) is 3.38. The molecule has 0 saturated heterocycles.